The molecule has 0 fully saturated rings. The van der Waals surface area contributed by atoms with E-state index in [1.807, 2.05) is 31.2 Å². The molecule has 1 heterocycles. The minimum atomic E-state index is -0.747. The van der Waals surface area contributed by atoms with Crippen molar-refractivity contribution < 1.29 is 23.5 Å². The highest BCUT2D eigenvalue weighted by atomic mass is 16.6. The predicted molar refractivity (Wildman–Crippen MR) is 104 cm³/mol. The SMILES string of the molecule is COc1cccc(C(=O)NCC(=O)OC(C)c2nnc(-c3ccc(C)cc3)o2)c1. The highest BCUT2D eigenvalue weighted by Gasteiger charge is 2.19. The summed E-state index contributed by atoms with van der Waals surface area (Å²) in [5, 5.41) is 10.4. The maximum absolute atomic E-state index is 12.1. The molecular formula is C21H21N3O5. The van der Waals surface area contributed by atoms with Gasteiger partial charge in [0.25, 0.3) is 11.8 Å². The second-order valence-corrected chi connectivity index (χ2v) is 6.36. The van der Waals surface area contributed by atoms with Gasteiger partial charge >= 0.3 is 5.97 Å². The third-order valence-corrected chi connectivity index (χ3v) is 4.12. The lowest BCUT2D eigenvalue weighted by Crippen LogP contribution is -2.31. The van der Waals surface area contributed by atoms with Crippen LogP contribution in [0.4, 0.5) is 0 Å². The van der Waals surface area contributed by atoms with Crippen LogP contribution in [0, 0.1) is 6.92 Å². The standard InChI is InChI=1S/C21H21N3O5/c1-13-7-9-15(10-8-13)21-24-23-20(29-21)14(2)28-18(25)12-22-19(26)16-5-4-6-17(11-16)27-3/h4-11,14H,12H2,1-3H3,(H,22,26). The van der Waals surface area contributed by atoms with Gasteiger partial charge in [-0.3, -0.25) is 9.59 Å². The predicted octanol–water partition coefficient (Wildman–Crippen LogP) is 3.09. The van der Waals surface area contributed by atoms with Crippen molar-refractivity contribution in [3.8, 4) is 17.2 Å². The van der Waals surface area contributed by atoms with Gasteiger partial charge in [-0.1, -0.05) is 23.8 Å². The van der Waals surface area contributed by atoms with Crippen LogP contribution in [0.25, 0.3) is 11.5 Å². The smallest absolute Gasteiger partial charge is 0.326 e. The number of aryl methyl sites for hydroxylation is 1. The van der Waals surface area contributed by atoms with Crippen LogP contribution in [-0.4, -0.2) is 35.7 Å². The number of aromatic nitrogens is 2. The summed E-state index contributed by atoms with van der Waals surface area (Å²) in [7, 11) is 1.51. The first-order valence-corrected chi connectivity index (χ1v) is 8.98. The fourth-order valence-electron chi connectivity index (χ4n) is 2.52. The van der Waals surface area contributed by atoms with Crippen LogP contribution in [0.5, 0.6) is 5.75 Å². The van der Waals surface area contributed by atoms with E-state index in [-0.39, 0.29) is 12.4 Å². The van der Waals surface area contributed by atoms with E-state index in [1.54, 1.807) is 31.2 Å². The molecule has 0 aliphatic carbocycles. The number of carbonyl (C=O) groups excluding carboxylic acids is 2. The van der Waals surface area contributed by atoms with Gasteiger partial charge in [0.2, 0.25) is 5.89 Å². The van der Waals surface area contributed by atoms with E-state index < -0.39 is 18.0 Å². The van der Waals surface area contributed by atoms with Gasteiger partial charge in [-0.2, -0.15) is 0 Å². The summed E-state index contributed by atoms with van der Waals surface area (Å²) in [6.07, 6.45) is -0.747. The van der Waals surface area contributed by atoms with Crippen molar-refractivity contribution in [2.45, 2.75) is 20.0 Å². The van der Waals surface area contributed by atoms with Crippen molar-refractivity contribution in [3.63, 3.8) is 0 Å². The fraction of sp³-hybridized carbons (Fsp3) is 0.238. The molecule has 0 saturated carbocycles. The molecule has 0 aliphatic rings. The van der Waals surface area contributed by atoms with Crippen molar-refractivity contribution in [2.75, 3.05) is 13.7 Å². The minimum absolute atomic E-state index is 0.174. The fourth-order valence-corrected chi connectivity index (χ4v) is 2.52. The first kappa shape index (κ1) is 20.1. The maximum atomic E-state index is 12.1. The Bertz CT molecular complexity index is 998. The molecule has 1 amide bonds. The molecule has 150 valence electrons. The van der Waals surface area contributed by atoms with Crippen molar-refractivity contribution in [1.82, 2.24) is 15.5 Å². The number of rotatable bonds is 7. The number of carbonyl (C=O) groups is 2. The van der Waals surface area contributed by atoms with Gasteiger partial charge < -0.3 is 19.2 Å². The highest BCUT2D eigenvalue weighted by molar-refractivity contribution is 5.96. The Hall–Kier alpha value is -3.68. The number of ether oxygens (including phenoxy) is 2. The van der Waals surface area contributed by atoms with Crippen LogP contribution in [0.2, 0.25) is 0 Å². The molecule has 0 spiro atoms. The van der Waals surface area contributed by atoms with E-state index in [2.05, 4.69) is 15.5 Å². The van der Waals surface area contributed by atoms with E-state index in [1.165, 1.54) is 7.11 Å². The molecule has 3 aromatic rings. The summed E-state index contributed by atoms with van der Waals surface area (Å²) in [5.41, 5.74) is 2.27. The molecule has 8 heteroatoms. The third-order valence-electron chi connectivity index (χ3n) is 4.12. The molecule has 2 aromatic carbocycles. The molecular weight excluding hydrogens is 374 g/mol. The summed E-state index contributed by atoms with van der Waals surface area (Å²) >= 11 is 0. The first-order chi connectivity index (χ1) is 14.0. The topological polar surface area (TPSA) is 104 Å². The molecule has 1 unspecified atom stereocenters. The summed E-state index contributed by atoms with van der Waals surface area (Å²) in [6, 6.07) is 14.2. The summed E-state index contributed by atoms with van der Waals surface area (Å²) in [5.74, 6) is 0.0358. The third kappa shape index (κ3) is 5.19. The first-order valence-electron chi connectivity index (χ1n) is 8.98. The molecule has 0 radical (unpaired) electrons. The molecule has 1 N–H and O–H groups in total. The molecule has 1 aromatic heterocycles. The van der Waals surface area contributed by atoms with Crippen molar-refractivity contribution in [1.29, 1.82) is 0 Å². The molecule has 1 atom stereocenters. The number of benzene rings is 2. The van der Waals surface area contributed by atoms with E-state index in [4.69, 9.17) is 13.9 Å². The summed E-state index contributed by atoms with van der Waals surface area (Å²) in [4.78, 5) is 24.2. The van der Waals surface area contributed by atoms with E-state index >= 15 is 0 Å². The van der Waals surface area contributed by atoms with Crippen molar-refractivity contribution >= 4 is 11.9 Å². The monoisotopic (exact) mass is 395 g/mol. The van der Waals surface area contributed by atoms with Gasteiger partial charge in [0.15, 0.2) is 6.10 Å². The molecule has 0 saturated heterocycles. The van der Waals surface area contributed by atoms with Gasteiger partial charge in [-0.05, 0) is 44.2 Å². The van der Waals surface area contributed by atoms with Gasteiger partial charge in [0, 0.05) is 11.1 Å². The van der Waals surface area contributed by atoms with Crippen molar-refractivity contribution in [2.24, 2.45) is 0 Å². The minimum Gasteiger partial charge on any atom is -0.497 e. The molecule has 29 heavy (non-hydrogen) atoms. The number of hydrogen-bond acceptors (Lipinski definition) is 7. The van der Waals surface area contributed by atoms with Gasteiger partial charge in [0.1, 0.15) is 12.3 Å². The number of nitrogens with one attached hydrogen (secondary N) is 1. The molecule has 3 rings (SSSR count). The number of nitrogens with zero attached hydrogens (tertiary/aromatic N) is 2. The van der Waals surface area contributed by atoms with E-state index in [0.29, 0.717) is 17.2 Å². The second kappa shape index (κ2) is 9.01. The lowest BCUT2D eigenvalue weighted by atomic mass is 10.1. The van der Waals surface area contributed by atoms with Gasteiger partial charge in [-0.15, -0.1) is 10.2 Å². The number of esters is 1. The number of hydrogen-bond donors (Lipinski definition) is 1. The van der Waals surface area contributed by atoms with Gasteiger partial charge in [0.05, 0.1) is 7.11 Å². The summed E-state index contributed by atoms with van der Waals surface area (Å²) < 4.78 is 15.9. The number of amides is 1. The average molecular weight is 395 g/mol. The van der Waals surface area contributed by atoms with Crippen LogP contribution < -0.4 is 10.1 Å². The normalized spacial score (nSPS) is 11.6. The Morgan fingerprint density at radius 3 is 2.62 bits per heavy atom. The zero-order chi connectivity index (χ0) is 20.8. The number of methoxy groups -OCH3 is 1. The van der Waals surface area contributed by atoms with Crippen LogP contribution in [-0.2, 0) is 9.53 Å². The lowest BCUT2D eigenvalue weighted by Gasteiger charge is -2.10. The Kier molecular flexibility index (Phi) is 6.23. The largest absolute Gasteiger partial charge is 0.497 e. The van der Waals surface area contributed by atoms with Crippen LogP contribution in [0.1, 0.15) is 34.8 Å². The van der Waals surface area contributed by atoms with Crippen LogP contribution in [0.15, 0.2) is 52.9 Å². The van der Waals surface area contributed by atoms with E-state index in [0.717, 1.165) is 11.1 Å². The Morgan fingerprint density at radius 2 is 1.90 bits per heavy atom. The van der Waals surface area contributed by atoms with Gasteiger partial charge in [-0.25, -0.2) is 0 Å². The lowest BCUT2D eigenvalue weighted by molar-refractivity contribution is -0.148. The highest BCUT2D eigenvalue weighted by Crippen LogP contribution is 2.22. The molecule has 8 nitrogen and oxygen atoms in total. The van der Waals surface area contributed by atoms with Crippen LogP contribution >= 0.6 is 0 Å². The second-order valence-electron chi connectivity index (χ2n) is 6.36. The Balaban J connectivity index is 1.54. The van der Waals surface area contributed by atoms with Crippen LogP contribution in [0.3, 0.4) is 0 Å². The molecule has 0 aliphatic heterocycles. The Morgan fingerprint density at radius 1 is 1.14 bits per heavy atom. The zero-order valence-corrected chi connectivity index (χ0v) is 16.3. The quantitative estimate of drug-likeness (QED) is 0.613. The Labute approximate surface area is 167 Å². The average Bonchev–Trinajstić information content (AvgIpc) is 3.23. The van der Waals surface area contributed by atoms with Crippen molar-refractivity contribution in [3.05, 3.63) is 65.5 Å². The molecule has 0 bridgehead atoms. The summed E-state index contributed by atoms with van der Waals surface area (Å²) in [6.45, 7) is 3.31. The van der Waals surface area contributed by atoms with E-state index in [9.17, 15) is 9.59 Å². The zero-order valence-electron chi connectivity index (χ0n) is 16.3. The maximum Gasteiger partial charge on any atom is 0.326 e.